The monoisotopic (exact) mass is 484 g/mol. The van der Waals surface area contributed by atoms with E-state index >= 15 is 0 Å². The standard InChI is InChI=1S/C22H36N4O4S2/c1-9-26(10-2)32(28)22(16(5)27)31-18(7)15(4)25-21(23)20(13-29-8)24-12-19-11-14(3)17(6)30-19/h11,13,24,27H,9-10,12H2,1-8H3,(H2,23,25)/b18-15+,20-13+,22-16-. The van der Waals surface area contributed by atoms with Crippen LogP contribution >= 0.6 is 11.8 Å². The zero-order valence-corrected chi connectivity index (χ0v) is 21.9. The number of aryl methyl sites for hydroxylation is 2. The van der Waals surface area contributed by atoms with Gasteiger partial charge in [-0.2, -0.15) is 0 Å². The molecule has 0 radical (unpaired) electrons. The number of rotatable bonds is 12. The summed E-state index contributed by atoms with van der Waals surface area (Å²) in [6, 6.07) is 1.97. The molecule has 0 spiro atoms. The topological polar surface area (TPSA) is 113 Å². The first-order valence-electron chi connectivity index (χ1n) is 10.3. The van der Waals surface area contributed by atoms with E-state index in [1.54, 1.807) is 4.31 Å². The Bertz CT molecular complexity index is 905. The van der Waals surface area contributed by atoms with Gasteiger partial charge < -0.3 is 25.3 Å². The fourth-order valence-electron chi connectivity index (χ4n) is 2.57. The second-order valence-electron chi connectivity index (χ2n) is 7.05. The lowest BCUT2D eigenvalue weighted by Gasteiger charge is -2.19. The largest absolute Gasteiger partial charge is 0.511 e. The summed E-state index contributed by atoms with van der Waals surface area (Å²) in [6.45, 7) is 14.6. The highest BCUT2D eigenvalue weighted by atomic mass is 32.2. The van der Waals surface area contributed by atoms with E-state index in [0.29, 0.717) is 35.3 Å². The van der Waals surface area contributed by atoms with E-state index in [2.05, 4.69) is 10.3 Å². The third-order valence-corrected chi connectivity index (χ3v) is 7.98. The molecule has 0 aromatic carbocycles. The Morgan fingerprint density at radius 2 is 1.97 bits per heavy atom. The van der Waals surface area contributed by atoms with Gasteiger partial charge in [-0.3, -0.25) is 0 Å². The lowest BCUT2D eigenvalue weighted by Crippen LogP contribution is -2.27. The van der Waals surface area contributed by atoms with Crippen LogP contribution in [0.25, 0.3) is 0 Å². The van der Waals surface area contributed by atoms with Crippen LogP contribution in [0.3, 0.4) is 0 Å². The quantitative estimate of drug-likeness (QED) is 0.226. The van der Waals surface area contributed by atoms with E-state index in [4.69, 9.17) is 14.9 Å². The number of amidine groups is 1. The minimum atomic E-state index is -1.45. The highest BCUT2D eigenvalue weighted by Gasteiger charge is 2.19. The number of aliphatic hydroxyl groups excluding tert-OH is 1. The van der Waals surface area contributed by atoms with Crippen LogP contribution in [0.4, 0.5) is 0 Å². The minimum absolute atomic E-state index is 0.0232. The van der Waals surface area contributed by atoms with Crippen LogP contribution in [-0.4, -0.2) is 39.7 Å². The van der Waals surface area contributed by atoms with Gasteiger partial charge in [-0.25, -0.2) is 13.5 Å². The smallest absolute Gasteiger partial charge is 0.150 e. The van der Waals surface area contributed by atoms with Crippen LogP contribution in [0.2, 0.25) is 0 Å². The maximum atomic E-state index is 12.8. The molecular formula is C22H36N4O4S2. The van der Waals surface area contributed by atoms with Crippen molar-refractivity contribution in [2.75, 3.05) is 20.2 Å². The van der Waals surface area contributed by atoms with E-state index < -0.39 is 11.0 Å². The molecule has 10 heteroatoms. The van der Waals surface area contributed by atoms with Crippen molar-refractivity contribution < 1.29 is 18.5 Å². The molecule has 4 N–H and O–H groups in total. The lowest BCUT2D eigenvalue weighted by atomic mass is 10.3. The first-order chi connectivity index (χ1) is 15.0. The fourth-order valence-corrected chi connectivity index (χ4v) is 5.13. The zero-order valence-electron chi connectivity index (χ0n) is 20.2. The second-order valence-corrected chi connectivity index (χ2v) is 9.96. The number of thioether (sulfide) groups is 1. The van der Waals surface area contributed by atoms with E-state index in [0.717, 1.165) is 22.0 Å². The van der Waals surface area contributed by atoms with Gasteiger partial charge in [0.1, 0.15) is 50.3 Å². The summed E-state index contributed by atoms with van der Waals surface area (Å²) in [5.74, 6) is 1.91. The van der Waals surface area contributed by atoms with Crippen LogP contribution in [-0.2, 0) is 22.3 Å². The molecule has 1 aromatic heterocycles. The number of nitrogens with two attached hydrogens (primary N) is 1. The first kappa shape index (κ1) is 27.9. The lowest BCUT2D eigenvalue weighted by molar-refractivity contribution is 0.332. The van der Waals surface area contributed by atoms with Crippen LogP contribution in [0.15, 0.2) is 48.0 Å². The molecule has 0 bridgehead atoms. The third-order valence-electron chi connectivity index (χ3n) is 4.62. The molecule has 1 rings (SSSR count). The van der Waals surface area contributed by atoms with Gasteiger partial charge in [0.05, 0.1) is 13.7 Å². The van der Waals surface area contributed by atoms with E-state index in [-0.39, 0.29) is 11.6 Å². The number of hydrogen-bond donors (Lipinski definition) is 3. The Kier molecular flexibility index (Phi) is 11.7. The Morgan fingerprint density at radius 3 is 2.44 bits per heavy atom. The highest BCUT2D eigenvalue weighted by molar-refractivity contribution is 8.18. The van der Waals surface area contributed by atoms with Crippen molar-refractivity contribution in [2.24, 2.45) is 10.7 Å². The number of allylic oxidation sites excluding steroid dienone is 3. The summed E-state index contributed by atoms with van der Waals surface area (Å²) in [5, 5.41) is 13.3. The predicted octanol–water partition coefficient (Wildman–Crippen LogP) is 4.57. The van der Waals surface area contributed by atoms with Gasteiger partial charge in [0.15, 0.2) is 0 Å². The predicted molar refractivity (Wildman–Crippen MR) is 134 cm³/mol. The molecule has 0 aliphatic heterocycles. The molecule has 8 nitrogen and oxygen atoms in total. The van der Waals surface area contributed by atoms with Crippen molar-refractivity contribution in [1.82, 2.24) is 9.62 Å². The number of aliphatic hydroxyl groups is 1. The number of aliphatic imine (C=N–C) groups is 1. The van der Waals surface area contributed by atoms with Gasteiger partial charge in [-0.1, -0.05) is 25.6 Å². The average molecular weight is 485 g/mol. The van der Waals surface area contributed by atoms with Crippen molar-refractivity contribution >= 4 is 28.6 Å². The van der Waals surface area contributed by atoms with Crippen LogP contribution in [0.1, 0.15) is 51.7 Å². The SMILES string of the molecule is CCN(CC)S(=O)/C(S/C(C)=C(C)/N=C(N)/C(=C\OC)NCc1cc(C)c(C)o1)=C(/C)O. The fraction of sp³-hybridized carbons (Fsp3) is 0.500. The number of methoxy groups -OCH3 is 1. The van der Waals surface area contributed by atoms with Crippen molar-refractivity contribution in [3.05, 3.63) is 55.7 Å². The highest BCUT2D eigenvalue weighted by Crippen LogP contribution is 2.33. The van der Waals surface area contributed by atoms with Crippen molar-refractivity contribution in [1.29, 1.82) is 0 Å². The number of nitrogens with zero attached hydrogens (tertiary/aromatic N) is 2. The Morgan fingerprint density at radius 1 is 1.34 bits per heavy atom. The van der Waals surface area contributed by atoms with Gasteiger partial charge in [0, 0.05) is 23.7 Å². The molecule has 0 fully saturated rings. The number of hydrogen-bond acceptors (Lipinski definition) is 7. The third kappa shape index (κ3) is 8.07. The maximum Gasteiger partial charge on any atom is 0.150 e. The minimum Gasteiger partial charge on any atom is -0.511 e. The summed E-state index contributed by atoms with van der Waals surface area (Å²) in [4.78, 5) is 5.25. The van der Waals surface area contributed by atoms with E-state index in [9.17, 15) is 9.32 Å². The molecule has 0 amide bonds. The summed E-state index contributed by atoms with van der Waals surface area (Å²) in [6.07, 6.45) is 1.48. The van der Waals surface area contributed by atoms with Gasteiger partial charge >= 0.3 is 0 Å². The van der Waals surface area contributed by atoms with Gasteiger partial charge in [-0.15, -0.1) is 0 Å². The average Bonchev–Trinajstić information content (AvgIpc) is 3.06. The Balaban J connectivity index is 3.06. The molecule has 1 unspecified atom stereocenters. The molecule has 180 valence electrons. The summed E-state index contributed by atoms with van der Waals surface area (Å²) in [7, 11) is 0.0776. The molecular weight excluding hydrogens is 448 g/mol. The van der Waals surface area contributed by atoms with Gasteiger partial charge in [0.2, 0.25) is 0 Å². The molecule has 0 saturated heterocycles. The Hall–Kier alpha value is -2.17. The van der Waals surface area contributed by atoms with Crippen LogP contribution in [0, 0.1) is 13.8 Å². The maximum absolute atomic E-state index is 12.8. The molecule has 0 aliphatic carbocycles. The molecule has 1 heterocycles. The molecule has 1 atom stereocenters. The van der Waals surface area contributed by atoms with Crippen LogP contribution in [0.5, 0.6) is 0 Å². The molecule has 32 heavy (non-hydrogen) atoms. The molecule has 0 aliphatic rings. The van der Waals surface area contributed by atoms with Gasteiger partial charge in [0.25, 0.3) is 0 Å². The van der Waals surface area contributed by atoms with E-state index in [1.807, 2.05) is 47.6 Å². The van der Waals surface area contributed by atoms with Crippen molar-refractivity contribution in [3.8, 4) is 0 Å². The second kappa shape index (κ2) is 13.4. The summed E-state index contributed by atoms with van der Waals surface area (Å²) >= 11 is 1.23. The van der Waals surface area contributed by atoms with Crippen molar-refractivity contribution in [2.45, 2.75) is 55.0 Å². The Labute approximate surface area is 198 Å². The molecule has 1 aromatic rings. The molecule has 0 saturated carbocycles. The van der Waals surface area contributed by atoms with E-state index in [1.165, 1.54) is 32.1 Å². The number of furan rings is 1. The number of ether oxygens (including phenoxy) is 1. The summed E-state index contributed by atoms with van der Waals surface area (Å²) < 4.78 is 25.8. The number of nitrogens with one attached hydrogen (secondary N) is 1. The normalized spacial score (nSPS) is 15.4. The van der Waals surface area contributed by atoms with Gasteiger partial charge in [-0.05, 0) is 46.2 Å². The van der Waals surface area contributed by atoms with Crippen LogP contribution < -0.4 is 11.1 Å². The summed E-state index contributed by atoms with van der Waals surface area (Å²) in [5.41, 5.74) is 8.45. The zero-order chi connectivity index (χ0) is 24.4. The first-order valence-corrected chi connectivity index (χ1v) is 12.3. The van der Waals surface area contributed by atoms with Crippen molar-refractivity contribution in [3.63, 3.8) is 0 Å².